The Kier molecular flexibility index (Phi) is 8.45. The number of carbonyl (C=O) groups is 2. The first kappa shape index (κ1) is 23.2. The van der Waals surface area contributed by atoms with Gasteiger partial charge in [-0.15, -0.1) is 10.2 Å². The second kappa shape index (κ2) is 11.3. The van der Waals surface area contributed by atoms with E-state index in [-0.39, 0.29) is 17.5 Å². The maximum Gasteiger partial charge on any atom is 0.254 e. The Morgan fingerprint density at radius 2 is 2.00 bits per heavy atom. The molecule has 0 unspecified atom stereocenters. The predicted molar refractivity (Wildman–Crippen MR) is 118 cm³/mol. The van der Waals surface area contributed by atoms with Crippen molar-refractivity contribution in [2.45, 2.75) is 63.7 Å². The van der Waals surface area contributed by atoms with E-state index in [2.05, 4.69) is 27.8 Å². The number of nitrogens with one attached hydrogen (secondary N) is 2. The normalized spacial score (nSPS) is 18.5. The molecule has 0 bridgehead atoms. The summed E-state index contributed by atoms with van der Waals surface area (Å²) in [7, 11) is 0. The summed E-state index contributed by atoms with van der Waals surface area (Å²) in [6.45, 7) is 5.16. The molecule has 1 aliphatic rings. The number of benzene rings is 1. The van der Waals surface area contributed by atoms with Gasteiger partial charge >= 0.3 is 0 Å². The van der Waals surface area contributed by atoms with Crippen molar-refractivity contribution in [2.24, 2.45) is 5.92 Å². The van der Waals surface area contributed by atoms with Crippen molar-refractivity contribution in [3.8, 4) is 0 Å². The van der Waals surface area contributed by atoms with Crippen molar-refractivity contribution in [1.82, 2.24) is 25.4 Å². The molecule has 1 saturated carbocycles. The van der Waals surface area contributed by atoms with E-state index >= 15 is 0 Å². The van der Waals surface area contributed by atoms with Crippen LogP contribution < -0.4 is 10.6 Å². The van der Waals surface area contributed by atoms with E-state index in [1.165, 1.54) is 43.2 Å². The summed E-state index contributed by atoms with van der Waals surface area (Å²) in [5.41, 5.74) is 0.0222. The SMILES string of the molecule is CCn1c(CCNC(=O)c2ccccc2F)nnc1SCC(=O)N[C@@H]1CCCC[C@H]1C. The Bertz CT molecular complexity index is 904. The van der Waals surface area contributed by atoms with Gasteiger partial charge < -0.3 is 15.2 Å². The lowest BCUT2D eigenvalue weighted by molar-refractivity contribution is -0.119. The third-order valence-electron chi connectivity index (χ3n) is 5.65. The molecular formula is C22H30FN5O2S. The molecule has 31 heavy (non-hydrogen) atoms. The van der Waals surface area contributed by atoms with Crippen LogP contribution in [-0.4, -0.2) is 44.9 Å². The van der Waals surface area contributed by atoms with Crippen molar-refractivity contribution in [1.29, 1.82) is 0 Å². The van der Waals surface area contributed by atoms with E-state index in [4.69, 9.17) is 0 Å². The average Bonchev–Trinajstić information content (AvgIpc) is 3.16. The van der Waals surface area contributed by atoms with Gasteiger partial charge in [0.25, 0.3) is 5.91 Å². The molecule has 0 spiro atoms. The van der Waals surface area contributed by atoms with Crippen molar-refractivity contribution >= 4 is 23.6 Å². The highest BCUT2D eigenvalue weighted by Gasteiger charge is 2.23. The van der Waals surface area contributed by atoms with Crippen LogP contribution >= 0.6 is 11.8 Å². The molecule has 1 aromatic carbocycles. The molecule has 2 amide bonds. The highest BCUT2D eigenvalue weighted by molar-refractivity contribution is 7.99. The lowest BCUT2D eigenvalue weighted by Gasteiger charge is -2.29. The molecule has 2 N–H and O–H groups in total. The standard InChI is InChI=1S/C22H30FN5O2S/c1-3-28-19(12-13-24-21(30)16-9-5-6-10-17(16)23)26-27-22(28)31-14-20(29)25-18-11-7-4-8-15(18)2/h5-6,9-10,15,18H,3-4,7-8,11-14H2,1-2H3,(H,24,30)(H,25,29)/t15-,18-/m1/s1. The van der Waals surface area contributed by atoms with Gasteiger partial charge in [0, 0.05) is 25.6 Å². The van der Waals surface area contributed by atoms with E-state index in [9.17, 15) is 14.0 Å². The van der Waals surface area contributed by atoms with E-state index in [1.807, 2.05) is 11.5 Å². The molecule has 1 aromatic heterocycles. The minimum absolute atomic E-state index is 0.0214. The number of hydrogen-bond acceptors (Lipinski definition) is 5. The first-order valence-corrected chi connectivity index (χ1v) is 11.8. The van der Waals surface area contributed by atoms with Crippen molar-refractivity contribution in [2.75, 3.05) is 12.3 Å². The molecule has 7 nitrogen and oxygen atoms in total. The molecule has 2 aromatic rings. The average molecular weight is 448 g/mol. The number of thioether (sulfide) groups is 1. The monoisotopic (exact) mass is 447 g/mol. The largest absolute Gasteiger partial charge is 0.352 e. The fraction of sp³-hybridized carbons (Fsp3) is 0.545. The van der Waals surface area contributed by atoms with Crippen LogP contribution in [0.3, 0.4) is 0 Å². The van der Waals surface area contributed by atoms with E-state index < -0.39 is 11.7 Å². The smallest absolute Gasteiger partial charge is 0.254 e. The Morgan fingerprint density at radius 3 is 2.74 bits per heavy atom. The van der Waals surface area contributed by atoms with Crippen LogP contribution in [0.25, 0.3) is 0 Å². The Hall–Kier alpha value is -2.42. The number of amides is 2. The molecule has 0 radical (unpaired) electrons. The fourth-order valence-corrected chi connectivity index (χ4v) is 4.70. The Balaban J connectivity index is 1.49. The van der Waals surface area contributed by atoms with Gasteiger partial charge in [-0.2, -0.15) is 0 Å². The number of aromatic nitrogens is 3. The van der Waals surface area contributed by atoms with Gasteiger partial charge in [-0.05, 0) is 37.8 Å². The van der Waals surface area contributed by atoms with Crippen LogP contribution in [0.5, 0.6) is 0 Å². The van der Waals surface area contributed by atoms with Gasteiger partial charge in [-0.1, -0.05) is 43.7 Å². The summed E-state index contributed by atoms with van der Waals surface area (Å²) in [5, 5.41) is 15.0. The Labute approximate surface area is 186 Å². The number of rotatable bonds is 9. The van der Waals surface area contributed by atoms with E-state index in [1.54, 1.807) is 12.1 Å². The van der Waals surface area contributed by atoms with Gasteiger partial charge in [-0.3, -0.25) is 9.59 Å². The lowest BCUT2D eigenvalue weighted by atomic mass is 9.86. The highest BCUT2D eigenvalue weighted by Crippen LogP contribution is 2.24. The van der Waals surface area contributed by atoms with Crippen molar-refractivity contribution in [3.05, 3.63) is 41.5 Å². The van der Waals surface area contributed by atoms with Crippen LogP contribution in [0.15, 0.2) is 29.4 Å². The number of carbonyl (C=O) groups excluding carboxylic acids is 2. The topological polar surface area (TPSA) is 88.9 Å². The van der Waals surface area contributed by atoms with Crippen LogP contribution in [0.2, 0.25) is 0 Å². The van der Waals surface area contributed by atoms with Gasteiger partial charge in [0.2, 0.25) is 5.91 Å². The van der Waals surface area contributed by atoms with Crippen LogP contribution in [0.1, 0.15) is 55.7 Å². The molecule has 3 rings (SSSR count). The quantitative estimate of drug-likeness (QED) is 0.577. The molecule has 0 saturated heterocycles. The third-order valence-corrected chi connectivity index (χ3v) is 6.62. The fourth-order valence-electron chi connectivity index (χ4n) is 3.87. The first-order chi connectivity index (χ1) is 15.0. The second-order valence-electron chi connectivity index (χ2n) is 7.85. The zero-order valence-corrected chi connectivity index (χ0v) is 18.9. The lowest BCUT2D eigenvalue weighted by Crippen LogP contribution is -2.41. The summed E-state index contributed by atoms with van der Waals surface area (Å²) < 4.78 is 15.6. The third kappa shape index (κ3) is 6.29. The summed E-state index contributed by atoms with van der Waals surface area (Å²) in [5.74, 6) is 0.562. The van der Waals surface area contributed by atoms with Crippen LogP contribution in [-0.2, 0) is 17.8 Å². The summed E-state index contributed by atoms with van der Waals surface area (Å²) in [6.07, 6.45) is 5.09. The summed E-state index contributed by atoms with van der Waals surface area (Å²) in [4.78, 5) is 24.5. The molecule has 2 atom stereocenters. The van der Waals surface area contributed by atoms with Crippen LogP contribution in [0, 0.1) is 11.7 Å². The molecule has 168 valence electrons. The minimum Gasteiger partial charge on any atom is -0.352 e. The van der Waals surface area contributed by atoms with Gasteiger partial charge in [0.1, 0.15) is 11.6 Å². The maximum absolute atomic E-state index is 13.7. The molecule has 0 aliphatic heterocycles. The number of halogens is 1. The van der Waals surface area contributed by atoms with E-state index in [0.29, 0.717) is 36.3 Å². The number of nitrogens with zero attached hydrogens (tertiary/aromatic N) is 3. The zero-order valence-electron chi connectivity index (χ0n) is 18.1. The van der Waals surface area contributed by atoms with Crippen molar-refractivity contribution in [3.63, 3.8) is 0 Å². The second-order valence-corrected chi connectivity index (χ2v) is 8.80. The molecule has 1 fully saturated rings. The van der Waals surface area contributed by atoms with E-state index in [0.717, 1.165) is 12.2 Å². The molecule has 1 heterocycles. The molecular weight excluding hydrogens is 417 g/mol. The van der Waals surface area contributed by atoms with Gasteiger partial charge in [0.05, 0.1) is 11.3 Å². The Morgan fingerprint density at radius 1 is 1.23 bits per heavy atom. The predicted octanol–water partition coefficient (Wildman–Crippen LogP) is 3.20. The minimum atomic E-state index is -0.545. The first-order valence-electron chi connectivity index (χ1n) is 10.9. The van der Waals surface area contributed by atoms with Gasteiger partial charge in [-0.25, -0.2) is 4.39 Å². The highest BCUT2D eigenvalue weighted by atomic mass is 32.2. The van der Waals surface area contributed by atoms with Crippen LogP contribution in [0.4, 0.5) is 4.39 Å². The summed E-state index contributed by atoms with van der Waals surface area (Å²) >= 11 is 1.37. The van der Waals surface area contributed by atoms with Gasteiger partial charge in [0.15, 0.2) is 5.16 Å². The molecule has 9 heteroatoms. The number of hydrogen-bond donors (Lipinski definition) is 2. The zero-order chi connectivity index (χ0) is 22.2. The van der Waals surface area contributed by atoms with Crippen molar-refractivity contribution < 1.29 is 14.0 Å². The maximum atomic E-state index is 13.7. The molecule has 1 aliphatic carbocycles. The summed E-state index contributed by atoms with van der Waals surface area (Å²) in [6, 6.07) is 6.15.